The molecule has 0 amide bonds. The van der Waals surface area contributed by atoms with E-state index in [1.54, 1.807) is 24.3 Å². The zero-order valence-electron chi connectivity index (χ0n) is 8.24. The van der Waals surface area contributed by atoms with Crippen molar-refractivity contribution in [3.63, 3.8) is 0 Å². The van der Waals surface area contributed by atoms with Crippen LogP contribution >= 0.6 is 15.9 Å². The fourth-order valence-electron chi connectivity index (χ4n) is 1.40. The molecule has 0 fully saturated rings. The van der Waals surface area contributed by atoms with Crippen molar-refractivity contribution in [3.05, 3.63) is 64.2 Å². The Morgan fingerprint density at radius 3 is 2.19 bits per heavy atom. The second kappa shape index (κ2) is 4.46. The van der Waals surface area contributed by atoms with Gasteiger partial charge in [0.15, 0.2) is 5.69 Å². The van der Waals surface area contributed by atoms with Crippen molar-refractivity contribution in [3.8, 4) is 11.1 Å². The van der Waals surface area contributed by atoms with E-state index in [0.29, 0.717) is 10.2 Å². The van der Waals surface area contributed by atoms with Crippen LogP contribution in [0.3, 0.4) is 0 Å². The minimum atomic E-state index is -0.276. The van der Waals surface area contributed by atoms with E-state index >= 15 is 0 Å². The molecule has 0 heterocycles. The molecule has 1 nitrogen and oxygen atoms in total. The quantitative estimate of drug-likeness (QED) is 0.658. The van der Waals surface area contributed by atoms with Gasteiger partial charge in [0.1, 0.15) is 5.82 Å². The van der Waals surface area contributed by atoms with Gasteiger partial charge in [-0.1, -0.05) is 30.3 Å². The largest absolute Gasteiger partial charge is 0.238 e. The zero-order chi connectivity index (χ0) is 11.5. The lowest BCUT2D eigenvalue weighted by Gasteiger charge is -2.03. The van der Waals surface area contributed by atoms with E-state index in [4.69, 9.17) is 6.57 Å². The van der Waals surface area contributed by atoms with E-state index in [1.165, 1.54) is 6.07 Å². The lowest BCUT2D eigenvalue weighted by Crippen LogP contribution is -1.80. The number of halogens is 2. The van der Waals surface area contributed by atoms with E-state index < -0.39 is 0 Å². The summed E-state index contributed by atoms with van der Waals surface area (Å²) in [5, 5.41) is 0. The van der Waals surface area contributed by atoms with Crippen molar-refractivity contribution in [1.29, 1.82) is 0 Å². The van der Waals surface area contributed by atoms with Gasteiger partial charge >= 0.3 is 0 Å². The molecule has 78 valence electrons. The van der Waals surface area contributed by atoms with Gasteiger partial charge in [-0.05, 0) is 39.2 Å². The summed E-state index contributed by atoms with van der Waals surface area (Å²) in [4.78, 5) is 3.32. The molecule has 3 heteroatoms. The van der Waals surface area contributed by atoms with Crippen molar-refractivity contribution in [2.45, 2.75) is 0 Å². The van der Waals surface area contributed by atoms with Crippen LogP contribution in [-0.2, 0) is 0 Å². The average molecular weight is 276 g/mol. The first kappa shape index (κ1) is 10.8. The molecule has 0 aliphatic rings. The molecule has 2 aromatic carbocycles. The Bertz CT molecular complexity index is 555. The second-order valence-electron chi connectivity index (χ2n) is 3.29. The van der Waals surface area contributed by atoms with Gasteiger partial charge in [0.05, 0.1) is 11.0 Å². The summed E-state index contributed by atoms with van der Waals surface area (Å²) in [7, 11) is 0. The van der Waals surface area contributed by atoms with Crippen LogP contribution in [0.2, 0.25) is 0 Å². The smallest absolute Gasteiger partial charge is 0.187 e. The van der Waals surface area contributed by atoms with Crippen LogP contribution in [0.1, 0.15) is 0 Å². The van der Waals surface area contributed by atoms with Crippen molar-refractivity contribution >= 4 is 21.6 Å². The maximum absolute atomic E-state index is 13.0. The third kappa shape index (κ3) is 2.12. The minimum Gasteiger partial charge on any atom is -0.238 e. The number of hydrogen-bond donors (Lipinski definition) is 0. The SMILES string of the molecule is [C-]#[N+]c1ccc(-c2ccc(F)c(Br)c2)cc1. The van der Waals surface area contributed by atoms with Gasteiger partial charge in [0.2, 0.25) is 0 Å². The van der Waals surface area contributed by atoms with Crippen LogP contribution in [0.5, 0.6) is 0 Å². The first-order valence-corrected chi connectivity index (χ1v) is 5.43. The maximum Gasteiger partial charge on any atom is 0.187 e. The third-order valence-electron chi connectivity index (χ3n) is 2.25. The third-order valence-corrected chi connectivity index (χ3v) is 2.86. The van der Waals surface area contributed by atoms with Crippen molar-refractivity contribution < 1.29 is 4.39 Å². The summed E-state index contributed by atoms with van der Waals surface area (Å²) in [5.74, 6) is -0.276. The fourth-order valence-corrected chi connectivity index (χ4v) is 1.78. The van der Waals surface area contributed by atoms with E-state index in [2.05, 4.69) is 20.8 Å². The number of benzene rings is 2. The molecule has 0 radical (unpaired) electrons. The maximum atomic E-state index is 13.0. The number of rotatable bonds is 1. The van der Waals surface area contributed by atoms with Crippen LogP contribution in [0.25, 0.3) is 16.0 Å². The van der Waals surface area contributed by atoms with E-state index in [1.807, 2.05) is 12.1 Å². The minimum absolute atomic E-state index is 0.276. The summed E-state index contributed by atoms with van der Waals surface area (Å²) in [6, 6.07) is 12.1. The predicted molar refractivity (Wildman–Crippen MR) is 65.8 cm³/mol. The van der Waals surface area contributed by atoms with Crippen LogP contribution in [0.4, 0.5) is 10.1 Å². The van der Waals surface area contributed by atoms with Gasteiger partial charge in [0, 0.05) is 0 Å². The summed E-state index contributed by atoms with van der Waals surface area (Å²) >= 11 is 3.15. The highest BCUT2D eigenvalue weighted by molar-refractivity contribution is 9.10. The van der Waals surface area contributed by atoms with Gasteiger partial charge in [-0.15, -0.1) is 0 Å². The highest BCUT2D eigenvalue weighted by Gasteiger charge is 2.02. The standard InChI is InChI=1S/C13H7BrFN/c1-16-11-5-2-9(3-6-11)10-4-7-13(15)12(14)8-10/h2-8H. The average Bonchev–Trinajstić information content (AvgIpc) is 2.33. The molecular weight excluding hydrogens is 269 g/mol. The zero-order valence-corrected chi connectivity index (χ0v) is 9.83. The Labute approximate surface area is 101 Å². The molecule has 0 saturated heterocycles. The first-order valence-electron chi connectivity index (χ1n) is 4.63. The van der Waals surface area contributed by atoms with Crippen LogP contribution < -0.4 is 0 Å². The summed E-state index contributed by atoms with van der Waals surface area (Å²) in [5.41, 5.74) is 2.49. The van der Waals surface area contributed by atoms with Gasteiger partial charge < -0.3 is 0 Å². The molecule has 0 aromatic heterocycles. The molecule has 2 rings (SSSR count). The molecule has 0 unspecified atom stereocenters. The normalized spacial score (nSPS) is 9.81. The summed E-state index contributed by atoms with van der Waals surface area (Å²) in [6.45, 7) is 6.85. The van der Waals surface area contributed by atoms with Crippen LogP contribution in [-0.4, -0.2) is 0 Å². The Balaban J connectivity index is 2.43. The lowest BCUT2D eigenvalue weighted by atomic mass is 10.1. The van der Waals surface area contributed by atoms with E-state index in [-0.39, 0.29) is 5.82 Å². The second-order valence-corrected chi connectivity index (χ2v) is 4.14. The Hall–Kier alpha value is -1.66. The molecule has 16 heavy (non-hydrogen) atoms. The van der Waals surface area contributed by atoms with Gasteiger partial charge in [-0.25, -0.2) is 9.24 Å². The molecule has 0 saturated carbocycles. The Kier molecular flexibility index (Phi) is 3.02. The molecule has 0 aliphatic heterocycles. The van der Waals surface area contributed by atoms with Crippen molar-refractivity contribution in [2.24, 2.45) is 0 Å². The number of hydrogen-bond acceptors (Lipinski definition) is 0. The highest BCUT2D eigenvalue weighted by atomic mass is 79.9. The van der Waals surface area contributed by atoms with Gasteiger partial charge in [-0.3, -0.25) is 0 Å². The number of nitrogens with zero attached hydrogens (tertiary/aromatic N) is 1. The summed E-state index contributed by atoms with van der Waals surface area (Å²) < 4.78 is 13.5. The van der Waals surface area contributed by atoms with E-state index in [0.717, 1.165) is 11.1 Å². The summed E-state index contributed by atoms with van der Waals surface area (Å²) in [6.07, 6.45) is 0. The monoisotopic (exact) mass is 275 g/mol. The van der Waals surface area contributed by atoms with Crippen LogP contribution in [0.15, 0.2) is 46.9 Å². The molecule has 0 aliphatic carbocycles. The molecule has 0 spiro atoms. The van der Waals surface area contributed by atoms with Crippen molar-refractivity contribution in [1.82, 2.24) is 0 Å². The molecule has 2 aromatic rings. The van der Waals surface area contributed by atoms with Gasteiger partial charge in [0.25, 0.3) is 0 Å². The molecule has 0 bridgehead atoms. The molecule has 0 N–H and O–H groups in total. The Morgan fingerprint density at radius 2 is 1.62 bits per heavy atom. The fraction of sp³-hybridized carbons (Fsp3) is 0. The van der Waals surface area contributed by atoms with Gasteiger partial charge in [-0.2, -0.15) is 0 Å². The topological polar surface area (TPSA) is 4.36 Å². The molecule has 0 atom stereocenters. The Morgan fingerprint density at radius 1 is 1.00 bits per heavy atom. The predicted octanol–water partition coefficient (Wildman–Crippen LogP) is 4.81. The van der Waals surface area contributed by atoms with Crippen molar-refractivity contribution in [2.75, 3.05) is 0 Å². The first-order chi connectivity index (χ1) is 7.70. The highest BCUT2D eigenvalue weighted by Crippen LogP contribution is 2.26. The lowest BCUT2D eigenvalue weighted by molar-refractivity contribution is 0.621. The van der Waals surface area contributed by atoms with Crippen LogP contribution in [0, 0.1) is 12.4 Å². The molecular formula is C13H7BrFN. The van der Waals surface area contributed by atoms with E-state index in [9.17, 15) is 4.39 Å².